The fourth-order valence-corrected chi connectivity index (χ4v) is 2.34. The zero-order chi connectivity index (χ0) is 15.7. The van der Waals surface area contributed by atoms with Gasteiger partial charge in [-0.3, -0.25) is 4.79 Å². The lowest BCUT2D eigenvalue weighted by molar-refractivity contribution is -0.145. The fourth-order valence-electron chi connectivity index (χ4n) is 2.34. The molecule has 1 aromatic carbocycles. The van der Waals surface area contributed by atoms with Crippen molar-refractivity contribution in [2.75, 3.05) is 7.11 Å². The number of rotatable bonds is 8. The van der Waals surface area contributed by atoms with E-state index in [4.69, 9.17) is 4.74 Å². The van der Waals surface area contributed by atoms with Crippen molar-refractivity contribution in [3.8, 4) is 0 Å². The van der Waals surface area contributed by atoms with Crippen molar-refractivity contribution >= 4 is 11.9 Å². The molecule has 0 heterocycles. The maximum atomic E-state index is 12.3. The Labute approximate surface area is 126 Å². The third-order valence-electron chi connectivity index (χ3n) is 3.59. The quantitative estimate of drug-likeness (QED) is 0.749. The van der Waals surface area contributed by atoms with Gasteiger partial charge < -0.3 is 10.1 Å². The summed E-state index contributed by atoms with van der Waals surface area (Å²) in [6.07, 6.45) is 3.01. The lowest BCUT2D eigenvalue weighted by atomic mass is 9.98. The molecule has 0 aliphatic heterocycles. The molecule has 0 aliphatic rings. The van der Waals surface area contributed by atoms with Crippen LogP contribution in [-0.4, -0.2) is 25.0 Å². The van der Waals surface area contributed by atoms with Crippen LogP contribution >= 0.6 is 0 Å². The molecule has 2 atom stereocenters. The van der Waals surface area contributed by atoms with Gasteiger partial charge in [0.05, 0.1) is 7.11 Å². The Balaban J connectivity index is 2.74. The van der Waals surface area contributed by atoms with Crippen molar-refractivity contribution in [1.29, 1.82) is 0 Å². The Hall–Kier alpha value is -1.84. The second-order valence-corrected chi connectivity index (χ2v) is 5.17. The second-order valence-electron chi connectivity index (χ2n) is 5.17. The molecule has 116 valence electrons. The summed E-state index contributed by atoms with van der Waals surface area (Å²) in [5.41, 5.74) is 0.997. The number of carbonyl (C=O) groups excluding carboxylic acids is 2. The fraction of sp³-hybridized carbons (Fsp3) is 0.529. The summed E-state index contributed by atoms with van der Waals surface area (Å²) in [7, 11) is 1.34. The van der Waals surface area contributed by atoms with Gasteiger partial charge in [0, 0.05) is 12.3 Å². The Morgan fingerprint density at radius 3 is 2.38 bits per heavy atom. The van der Waals surface area contributed by atoms with E-state index in [0.29, 0.717) is 6.42 Å². The number of methoxy groups -OCH3 is 1. The first-order valence-corrected chi connectivity index (χ1v) is 7.54. The highest BCUT2D eigenvalue weighted by molar-refractivity contribution is 5.85. The summed E-state index contributed by atoms with van der Waals surface area (Å²) in [6, 6.07) is 8.99. The summed E-state index contributed by atoms with van der Waals surface area (Å²) < 4.78 is 4.81. The van der Waals surface area contributed by atoms with E-state index in [0.717, 1.165) is 24.8 Å². The Morgan fingerprint density at radius 1 is 1.19 bits per heavy atom. The van der Waals surface area contributed by atoms with Crippen molar-refractivity contribution in [3.63, 3.8) is 0 Å². The van der Waals surface area contributed by atoms with E-state index in [1.165, 1.54) is 7.11 Å². The Bertz CT molecular complexity index is 445. The maximum absolute atomic E-state index is 12.3. The molecule has 1 amide bonds. The first kappa shape index (κ1) is 17.2. The highest BCUT2D eigenvalue weighted by atomic mass is 16.5. The van der Waals surface area contributed by atoms with Crippen LogP contribution in [0.5, 0.6) is 0 Å². The minimum absolute atomic E-state index is 0.0436. The molecule has 0 radical (unpaired) electrons. The number of benzene rings is 1. The number of carbonyl (C=O) groups is 2. The van der Waals surface area contributed by atoms with Gasteiger partial charge in [-0.25, -0.2) is 4.79 Å². The zero-order valence-electron chi connectivity index (χ0n) is 13.1. The molecule has 0 unspecified atom stereocenters. The number of ether oxygens (including phenoxy) is 1. The van der Waals surface area contributed by atoms with Crippen LogP contribution in [-0.2, 0) is 20.7 Å². The zero-order valence-corrected chi connectivity index (χ0v) is 13.1. The average Bonchev–Trinajstić information content (AvgIpc) is 2.52. The van der Waals surface area contributed by atoms with Crippen LogP contribution in [0.25, 0.3) is 0 Å². The minimum atomic E-state index is -0.629. The normalized spacial score (nSPS) is 13.3. The van der Waals surface area contributed by atoms with Gasteiger partial charge in [-0.2, -0.15) is 0 Å². The van der Waals surface area contributed by atoms with Gasteiger partial charge in [0.25, 0.3) is 0 Å². The third kappa shape index (κ3) is 5.58. The van der Waals surface area contributed by atoms with Crippen molar-refractivity contribution < 1.29 is 14.3 Å². The summed E-state index contributed by atoms with van der Waals surface area (Å²) in [5.74, 6) is -0.512. The highest BCUT2D eigenvalue weighted by Crippen LogP contribution is 2.12. The van der Waals surface area contributed by atoms with Crippen LogP contribution in [0, 0.1) is 5.92 Å². The van der Waals surface area contributed by atoms with Gasteiger partial charge in [-0.1, -0.05) is 50.6 Å². The molecule has 1 rings (SSSR count). The molecule has 1 N–H and O–H groups in total. The highest BCUT2D eigenvalue weighted by Gasteiger charge is 2.25. The largest absolute Gasteiger partial charge is 0.467 e. The predicted octanol–water partition coefficient (Wildman–Crippen LogP) is 2.71. The number of amides is 1. The van der Waals surface area contributed by atoms with Gasteiger partial charge >= 0.3 is 5.97 Å². The van der Waals surface area contributed by atoms with Gasteiger partial charge in [0.2, 0.25) is 5.91 Å². The van der Waals surface area contributed by atoms with E-state index < -0.39 is 12.0 Å². The van der Waals surface area contributed by atoms with Crippen molar-refractivity contribution in [2.45, 2.75) is 45.6 Å². The maximum Gasteiger partial charge on any atom is 0.328 e. The van der Waals surface area contributed by atoms with Crippen LogP contribution < -0.4 is 5.32 Å². The van der Waals surface area contributed by atoms with E-state index in [2.05, 4.69) is 12.2 Å². The van der Waals surface area contributed by atoms with Crippen LogP contribution in [0.3, 0.4) is 0 Å². The average molecular weight is 291 g/mol. The molecule has 0 aromatic heterocycles. The predicted molar refractivity (Wildman–Crippen MR) is 82.8 cm³/mol. The number of esters is 1. The number of hydrogen-bond donors (Lipinski definition) is 1. The molecule has 21 heavy (non-hydrogen) atoms. The van der Waals surface area contributed by atoms with E-state index in [-0.39, 0.29) is 11.8 Å². The van der Waals surface area contributed by atoms with E-state index in [1.54, 1.807) is 0 Å². The molecule has 1 aromatic rings. The molecule has 0 spiro atoms. The van der Waals surface area contributed by atoms with Crippen molar-refractivity contribution in [1.82, 2.24) is 5.32 Å². The minimum Gasteiger partial charge on any atom is -0.467 e. The Kier molecular flexibility index (Phi) is 7.51. The first-order chi connectivity index (χ1) is 10.1. The monoisotopic (exact) mass is 291 g/mol. The lowest BCUT2D eigenvalue weighted by Gasteiger charge is -2.20. The van der Waals surface area contributed by atoms with E-state index in [9.17, 15) is 9.59 Å². The summed E-state index contributed by atoms with van der Waals surface area (Å²) in [5, 5.41) is 2.84. The summed E-state index contributed by atoms with van der Waals surface area (Å²) >= 11 is 0. The van der Waals surface area contributed by atoms with Crippen molar-refractivity contribution in [2.24, 2.45) is 5.92 Å². The third-order valence-corrected chi connectivity index (χ3v) is 3.59. The SMILES string of the molecule is CCC[C@@H](CC)C(=O)N[C@@H](Cc1ccccc1)C(=O)OC. The van der Waals surface area contributed by atoms with Gasteiger partial charge in [-0.15, -0.1) is 0 Å². The van der Waals surface area contributed by atoms with E-state index in [1.807, 2.05) is 37.3 Å². The number of nitrogens with one attached hydrogen (secondary N) is 1. The molecular weight excluding hydrogens is 266 g/mol. The van der Waals surface area contributed by atoms with Gasteiger partial charge in [0.15, 0.2) is 0 Å². The topological polar surface area (TPSA) is 55.4 Å². The van der Waals surface area contributed by atoms with Crippen LogP contribution in [0.2, 0.25) is 0 Å². The lowest BCUT2D eigenvalue weighted by Crippen LogP contribution is -2.45. The molecule has 0 aliphatic carbocycles. The molecular formula is C17H25NO3. The smallest absolute Gasteiger partial charge is 0.328 e. The molecule has 0 bridgehead atoms. The molecule has 4 heteroatoms. The molecule has 4 nitrogen and oxygen atoms in total. The van der Waals surface area contributed by atoms with E-state index >= 15 is 0 Å². The molecule has 0 saturated carbocycles. The van der Waals surface area contributed by atoms with Crippen LogP contribution in [0.1, 0.15) is 38.7 Å². The number of hydrogen-bond acceptors (Lipinski definition) is 3. The molecule has 0 fully saturated rings. The first-order valence-electron chi connectivity index (χ1n) is 7.54. The molecule has 0 saturated heterocycles. The van der Waals surface area contributed by atoms with Crippen molar-refractivity contribution in [3.05, 3.63) is 35.9 Å². The summed E-state index contributed by atoms with van der Waals surface area (Å²) in [4.78, 5) is 24.2. The Morgan fingerprint density at radius 2 is 1.86 bits per heavy atom. The van der Waals surface area contributed by atoms with Crippen LogP contribution in [0.4, 0.5) is 0 Å². The van der Waals surface area contributed by atoms with Crippen LogP contribution in [0.15, 0.2) is 30.3 Å². The van der Waals surface area contributed by atoms with Gasteiger partial charge in [0.1, 0.15) is 6.04 Å². The standard InChI is InChI=1S/C17H25NO3/c1-4-9-14(5-2)16(19)18-15(17(20)21-3)12-13-10-7-6-8-11-13/h6-8,10-11,14-15H,4-5,9,12H2,1-3H3,(H,18,19)/t14-,15+/m1/s1. The second kappa shape index (κ2) is 9.16. The summed E-state index contributed by atoms with van der Waals surface area (Å²) in [6.45, 7) is 4.04. The van der Waals surface area contributed by atoms with Gasteiger partial charge in [-0.05, 0) is 18.4 Å².